The van der Waals surface area contributed by atoms with Crippen LogP contribution in [0.1, 0.15) is 102 Å². The number of nitrogens with one attached hydrogen (secondary N) is 2. The zero-order valence-corrected chi connectivity index (χ0v) is 31.4. The molecule has 0 saturated carbocycles. The van der Waals surface area contributed by atoms with E-state index in [0.717, 1.165) is 82.9 Å². The maximum absolute atomic E-state index is 12.8. The Bertz CT molecular complexity index is 1280. The number of anilines is 1. The Balaban J connectivity index is -0.000000651. The number of piperazine rings is 1. The van der Waals surface area contributed by atoms with Gasteiger partial charge in [0.25, 0.3) is 0 Å². The number of likely N-dealkylation sites (tertiary alicyclic amines) is 2. The fourth-order valence-electron chi connectivity index (χ4n) is 5.88. The zero-order valence-electron chi connectivity index (χ0n) is 31.4. The van der Waals surface area contributed by atoms with Crippen LogP contribution in [0.25, 0.3) is 0 Å². The van der Waals surface area contributed by atoms with Gasteiger partial charge in [0, 0.05) is 105 Å². The van der Waals surface area contributed by atoms with Crippen molar-refractivity contribution in [2.45, 2.75) is 109 Å². The summed E-state index contributed by atoms with van der Waals surface area (Å²) in [6, 6.07) is 12.8. The van der Waals surface area contributed by atoms with E-state index in [1.165, 1.54) is 64.8 Å². The minimum Gasteiger partial charge on any atom is -0.382 e. The molecule has 2 N–H and O–H groups in total. The normalized spacial score (nSPS) is 14.8. The highest BCUT2D eigenvalue weighted by molar-refractivity contribution is 5.74. The molecule has 4 heterocycles. The number of amides is 4. The van der Waals surface area contributed by atoms with Gasteiger partial charge < -0.3 is 35.0 Å². The van der Waals surface area contributed by atoms with Gasteiger partial charge in [-0.3, -0.25) is 24.2 Å². The first-order chi connectivity index (χ1) is 24.5. The van der Waals surface area contributed by atoms with Gasteiger partial charge in [0.05, 0.1) is 12.2 Å². The summed E-state index contributed by atoms with van der Waals surface area (Å²) in [5.41, 5.74) is 1.90. The van der Waals surface area contributed by atoms with E-state index in [2.05, 4.69) is 25.4 Å². The zero-order chi connectivity index (χ0) is 37.4. The topological polar surface area (TPSA) is 127 Å². The summed E-state index contributed by atoms with van der Waals surface area (Å²) in [5, 5.41) is 5.35. The molecule has 0 bridgehead atoms. The molecule has 0 aliphatic carbocycles. The number of pyridine rings is 1. The molecule has 55 heavy (non-hydrogen) atoms. The van der Waals surface area contributed by atoms with E-state index in [1.54, 1.807) is 32.2 Å². The monoisotopic (exact) mass is 778 g/mol. The van der Waals surface area contributed by atoms with Gasteiger partial charge in [0.2, 0.25) is 23.6 Å². The summed E-state index contributed by atoms with van der Waals surface area (Å²) >= 11 is 0. The summed E-state index contributed by atoms with van der Waals surface area (Å²) in [6.45, 7) is 18.5. The van der Waals surface area contributed by atoms with E-state index < -0.39 is 0 Å². The molecule has 3 aliphatic heterocycles. The van der Waals surface area contributed by atoms with Crippen molar-refractivity contribution >= 4 is 29.3 Å². The second kappa shape index (κ2) is 32.2. The number of nitrogens with zero attached hydrogens (tertiary/aromatic N) is 5. The highest BCUT2D eigenvalue weighted by Crippen LogP contribution is 2.21. The number of rotatable bonds is 9. The number of carbonyl (C=O) groups excluding carboxylic acids is 4. The molecule has 12 nitrogen and oxygen atoms in total. The highest BCUT2D eigenvalue weighted by atomic mass is 19.1. The van der Waals surface area contributed by atoms with Crippen molar-refractivity contribution in [1.29, 1.82) is 0 Å². The van der Waals surface area contributed by atoms with Gasteiger partial charge in [0.1, 0.15) is 5.82 Å². The van der Waals surface area contributed by atoms with Gasteiger partial charge in [-0.05, 0) is 88.5 Å². The molecule has 4 amide bonds. The summed E-state index contributed by atoms with van der Waals surface area (Å²) < 4.78 is 17.8. The van der Waals surface area contributed by atoms with Crippen molar-refractivity contribution in [3.05, 3.63) is 60.2 Å². The Morgan fingerprint density at radius 3 is 1.76 bits per heavy atom. The Labute approximate surface area is 333 Å². The van der Waals surface area contributed by atoms with Crippen molar-refractivity contribution in [2.24, 2.45) is 0 Å². The van der Waals surface area contributed by atoms with Crippen molar-refractivity contribution in [3.63, 3.8) is 0 Å². The number of hydrogen-bond donors (Lipinski definition) is 2. The summed E-state index contributed by atoms with van der Waals surface area (Å²) in [6.07, 6.45) is 7.70. The van der Waals surface area contributed by atoms with Crippen LogP contribution in [-0.4, -0.2) is 121 Å². The molecule has 1 aromatic heterocycles. The third-order valence-electron chi connectivity index (χ3n) is 8.77. The van der Waals surface area contributed by atoms with Crippen LogP contribution in [0.5, 0.6) is 0 Å². The van der Waals surface area contributed by atoms with Crippen LogP contribution in [0.3, 0.4) is 0 Å². The third-order valence-corrected chi connectivity index (χ3v) is 8.77. The maximum atomic E-state index is 12.8. The van der Waals surface area contributed by atoms with Crippen molar-refractivity contribution in [3.8, 4) is 0 Å². The lowest BCUT2D eigenvalue weighted by Crippen LogP contribution is -2.48. The number of piperidine rings is 1. The number of ether oxygens (including phenoxy) is 1. The van der Waals surface area contributed by atoms with Crippen LogP contribution >= 0.6 is 0 Å². The van der Waals surface area contributed by atoms with Gasteiger partial charge in [-0.1, -0.05) is 35.8 Å². The smallest absolute Gasteiger partial charge is 0.219 e. The Kier molecular flexibility index (Phi) is 32.3. The van der Waals surface area contributed by atoms with Crippen LogP contribution in [0.15, 0.2) is 48.7 Å². The van der Waals surface area contributed by atoms with E-state index >= 15 is 0 Å². The molecule has 316 valence electrons. The van der Waals surface area contributed by atoms with Gasteiger partial charge in [-0.2, -0.15) is 0 Å². The van der Waals surface area contributed by atoms with Crippen molar-refractivity contribution in [1.82, 2.24) is 30.3 Å². The third kappa shape index (κ3) is 24.1. The maximum Gasteiger partial charge on any atom is 0.219 e. The number of halogens is 1. The average molecular weight is 778 g/mol. The molecule has 0 spiro atoms. The molecular formula is C42H76FN7O5. The van der Waals surface area contributed by atoms with Crippen LogP contribution in [0.2, 0.25) is 0 Å². The number of benzene rings is 1. The first kappa shape index (κ1) is 55.2. The summed E-state index contributed by atoms with van der Waals surface area (Å²) in [4.78, 5) is 55.7. The molecule has 13 heteroatoms. The lowest BCUT2D eigenvalue weighted by atomic mass is 10.0. The number of carbonyl (C=O) groups is 4. The van der Waals surface area contributed by atoms with Gasteiger partial charge in [0.15, 0.2) is 0 Å². The Morgan fingerprint density at radius 2 is 1.29 bits per heavy atom. The summed E-state index contributed by atoms with van der Waals surface area (Å²) in [7, 11) is 0. The highest BCUT2D eigenvalue weighted by Gasteiger charge is 2.27. The van der Waals surface area contributed by atoms with E-state index in [0.29, 0.717) is 6.54 Å². The number of aromatic nitrogens is 1. The molecule has 0 radical (unpaired) electrons. The second-order valence-electron chi connectivity index (χ2n) is 12.7. The first-order valence-electron chi connectivity index (χ1n) is 18.2. The van der Waals surface area contributed by atoms with E-state index in [1.807, 2.05) is 34.9 Å². The molecule has 0 atom stereocenters. The minimum absolute atomic E-state index is 0. The van der Waals surface area contributed by atoms with Crippen molar-refractivity contribution < 1.29 is 28.3 Å². The molecule has 5 rings (SSSR count). The van der Waals surface area contributed by atoms with Crippen LogP contribution in [0, 0.1) is 5.82 Å². The quantitative estimate of drug-likeness (QED) is 0.281. The number of hydrogen-bond acceptors (Lipinski definition) is 8. The molecule has 1 aromatic carbocycles. The molecular weight excluding hydrogens is 702 g/mol. The fourth-order valence-corrected chi connectivity index (χ4v) is 5.88. The molecule has 0 unspecified atom stereocenters. The van der Waals surface area contributed by atoms with Crippen molar-refractivity contribution in [2.75, 3.05) is 77.0 Å². The molecule has 3 fully saturated rings. The van der Waals surface area contributed by atoms with Gasteiger partial charge >= 0.3 is 0 Å². The predicted octanol–water partition coefficient (Wildman–Crippen LogP) is 6.40. The SMILES string of the molecule is C.C.C.C.CC(=O)N1CCC(N2CCCC2)CC1.CC(=O)N1CCN(c2ccc(F)cc2)CC1.CC(=O)NCc1ccccn1.CCOCCCNC(C)=O. The van der Waals surface area contributed by atoms with Crippen LogP contribution < -0.4 is 15.5 Å². The second-order valence-corrected chi connectivity index (χ2v) is 12.7. The fraction of sp³-hybridized carbons (Fsp3) is 0.643. The van der Waals surface area contributed by atoms with Gasteiger partial charge in [-0.15, -0.1) is 0 Å². The van der Waals surface area contributed by atoms with Crippen LogP contribution in [0.4, 0.5) is 10.1 Å². The molecule has 2 aromatic rings. The van der Waals surface area contributed by atoms with Gasteiger partial charge in [-0.25, -0.2) is 4.39 Å². The van der Waals surface area contributed by atoms with E-state index in [9.17, 15) is 23.6 Å². The lowest BCUT2D eigenvalue weighted by Gasteiger charge is -2.36. The average Bonchev–Trinajstić information content (AvgIpc) is 3.68. The Morgan fingerprint density at radius 1 is 0.745 bits per heavy atom. The lowest BCUT2D eigenvalue weighted by molar-refractivity contribution is -0.130. The molecule has 3 aliphatic rings. The minimum atomic E-state index is -0.217. The van der Waals surface area contributed by atoms with Crippen LogP contribution in [-0.2, 0) is 30.5 Å². The predicted molar refractivity (Wildman–Crippen MR) is 225 cm³/mol. The molecule has 3 saturated heterocycles. The first-order valence-corrected chi connectivity index (χ1v) is 18.2. The van der Waals surface area contributed by atoms with E-state index in [4.69, 9.17) is 4.74 Å². The largest absolute Gasteiger partial charge is 0.382 e. The summed E-state index contributed by atoms with van der Waals surface area (Å²) in [5.74, 6) is 0.141. The standard InChI is InChI=1S/C12H15FN2O.C11H20N2O.C8H10N2O.C7H15NO2.4CH4/c1-10(16)14-6-8-15(9-7-14)12-4-2-11(13)3-5-12;1-10(14)12-8-4-11(5-9-12)13-6-2-3-7-13;1-7(11)10-6-8-4-2-3-5-9-8;1-3-10-6-4-5-8-7(2)9;;;;/h2-5H,6-9H2,1H3;11H,2-9H2,1H3;2-5H,6H2,1H3,(H,10,11);3-6H2,1-2H3,(H,8,9);4*1H4. The Hall–Kier alpha value is -4.10. The van der Waals surface area contributed by atoms with E-state index in [-0.39, 0.29) is 59.2 Å².